The minimum atomic E-state index is 0.194. The van der Waals surface area contributed by atoms with Crippen LogP contribution >= 0.6 is 20.2 Å². The molecule has 0 fully saturated rings. The Morgan fingerprint density at radius 1 is 0.595 bits per heavy atom. The van der Waals surface area contributed by atoms with Crippen LogP contribution in [0.15, 0.2) is 136 Å². The first-order valence-corrected chi connectivity index (χ1v) is 16.7. The molecule has 6 heteroatoms. The Balaban J connectivity index is 0.00000101. The summed E-state index contributed by atoms with van der Waals surface area (Å²) in [5.74, 6) is 0. The number of fused-ring (bicyclic) bond motifs is 4. The van der Waals surface area contributed by atoms with E-state index in [4.69, 9.17) is 35.2 Å². The van der Waals surface area contributed by atoms with Gasteiger partial charge in [0.25, 0.3) is 0 Å². The van der Waals surface area contributed by atoms with Crippen LogP contribution in [0, 0.1) is 0 Å². The van der Waals surface area contributed by atoms with Crippen molar-refractivity contribution in [3.8, 4) is 0 Å². The first-order valence-electron chi connectivity index (χ1n) is 13.6. The van der Waals surface area contributed by atoms with Crippen LogP contribution in [0.1, 0.15) is 20.3 Å². The number of hydrogen-bond donors (Lipinski definition) is 0. The number of halogens is 2. The summed E-state index contributed by atoms with van der Waals surface area (Å²) in [6.45, 7) is 4.12. The molecule has 6 aromatic rings. The molecular formula is C36H27Cl2FeN3. The quantitative estimate of drug-likeness (QED) is 0.106. The zero-order chi connectivity index (χ0) is 29.1. The van der Waals surface area contributed by atoms with E-state index >= 15 is 0 Å². The van der Waals surface area contributed by atoms with Crippen LogP contribution < -0.4 is 0 Å². The van der Waals surface area contributed by atoms with Crippen molar-refractivity contribution < 1.29 is 13.1 Å². The molecule has 6 aromatic carbocycles. The SMILES string of the molecule is CC(=Nc1c2ccccc2cc2ccccc12)C1=CCC(C(C)=Nc2c3ccccc3cc3ccccc23)=N1.[Cl][Fe][Cl]. The van der Waals surface area contributed by atoms with Gasteiger partial charge in [-0.1, -0.05) is 103 Å². The van der Waals surface area contributed by atoms with Crippen LogP contribution in [-0.2, 0) is 13.1 Å². The van der Waals surface area contributed by atoms with Gasteiger partial charge in [0, 0.05) is 28.0 Å². The summed E-state index contributed by atoms with van der Waals surface area (Å²) in [6, 6.07) is 38.3. The molecule has 0 radical (unpaired) electrons. The molecule has 0 N–H and O–H groups in total. The maximum absolute atomic E-state index is 5.17. The average molecular weight is 628 g/mol. The molecule has 0 aliphatic carbocycles. The molecule has 0 atom stereocenters. The van der Waals surface area contributed by atoms with Crippen LogP contribution in [0.4, 0.5) is 11.4 Å². The van der Waals surface area contributed by atoms with Gasteiger partial charge >= 0.3 is 33.3 Å². The fraction of sp³-hybridized carbons (Fsp3) is 0.0833. The van der Waals surface area contributed by atoms with E-state index in [0.29, 0.717) is 0 Å². The summed E-state index contributed by atoms with van der Waals surface area (Å²) in [5, 5.41) is 9.39. The Labute approximate surface area is 259 Å². The monoisotopic (exact) mass is 627 g/mol. The third kappa shape index (κ3) is 5.64. The van der Waals surface area contributed by atoms with Gasteiger partial charge in [-0.2, -0.15) is 0 Å². The molecule has 0 spiro atoms. The molecule has 1 aliphatic heterocycles. The number of rotatable bonds is 4. The van der Waals surface area contributed by atoms with Crippen LogP contribution in [0.25, 0.3) is 43.1 Å². The van der Waals surface area contributed by atoms with Crippen molar-refractivity contribution in [1.82, 2.24) is 0 Å². The fourth-order valence-corrected chi connectivity index (χ4v) is 5.56. The molecular weight excluding hydrogens is 601 g/mol. The molecule has 0 bridgehead atoms. The Bertz CT molecular complexity index is 1990. The van der Waals surface area contributed by atoms with Gasteiger partial charge in [-0.3, -0.25) is 9.98 Å². The zero-order valence-corrected chi connectivity index (χ0v) is 25.7. The number of benzene rings is 6. The average Bonchev–Trinajstić information content (AvgIpc) is 3.52. The van der Waals surface area contributed by atoms with Gasteiger partial charge in [0.05, 0.1) is 34.2 Å². The molecule has 3 nitrogen and oxygen atoms in total. The second kappa shape index (κ2) is 12.6. The van der Waals surface area contributed by atoms with Crippen molar-refractivity contribution >= 4 is 91.8 Å². The van der Waals surface area contributed by atoms with Gasteiger partial charge in [-0.05, 0) is 47.5 Å². The van der Waals surface area contributed by atoms with Gasteiger partial charge < -0.3 is 0 Å². The topological polar surface area (TPSA) is 37.1 Å². The summed E-state index contributed by atoms with van der Waals surface area (Å²) in [6.07, 6.45) is 2.91. The Morgan fingerprint density at radius 3 is 1.36 bits per heavy atom. The van der Waals surface area contributed by atoms with E-state index in [1.54, 1.807) is 0 Å². The molecule has 0 saturated heterocycles. The third-order valence-corrected chi connectivity index (χ3v) is 7.58. The van der Waals surface area contributed by atoms with Gasteiger partial charge in [0.2, 0.25) is 0 Å². The summed E-state index contributed by atoms with van der Waals surface area (Å²) in [4.78, 5) is 15.3. The minimum absolute atomic E-state index is 0.194. The predicted molar refractivity (Wildman–Crippen MR) is 180 cm³/mol. The number of nitrogens with zero attached hydrogens (tertiary/aromatic N) is 3. The molecule has 0 saturated carbocycles. The molecule has 208 valence electrons. The van der Waals surface area contributed by atoms with Gasteiger partial charge in [0.1, 0.15) is 0 Å². The van der Waals surface area contributed by atoms with E-state index in [9.17, 15) is 0 Å². The first-order chi connectivity index (χ1) is 20.6. The summed E-state index contributed by atoms with van der Waals surface area (Å²) in [7, 11) is 9.53. The van der Waals surface area contributed by atoms with Crippen molar-refractivity contribution in [3.63, 3.8) is 0 Å². The van der Waals surface area contributed by atoms with Crippen molar-refractivity contribution in [2.45, 2.75) is 20.3 Å². The molecule has 42 heavy (non-hydrogen) atoms. The van der Waals surface area contributed by atoms with E-state index in [1.807, 2.05) is 0 Å². The van der Waals surface area contributed by atoms with E-state index in [2.05, 4.69) is 129 Å². The van der Waals surface area contributed by atoms with Crippen LogP contribution in [0.5, 0.6) is 0 Å². The van der Waals surface area contributed by atoms with E-state index < -0.39 is 0 Å². The number of allylic oxidation sites excluding steroid dienone is 2. The Morgan fingerprint density at radius 2 is 0.952 bits per heavy atom. The third-order valence-electron chi connectivity index (χ3n) is 7.58. The Hall–Kier alpha value is -3.79. The molecule has 0 amide bonds. The van der Waals surface area contributed by atoms with Gasteiger partial charge in [-0.15, -0.1) is 0 Å². The van der Waals surface area contributed by atoms with Crippen LogP contribution in [0.2, 0.25) is 0 Å². The van der Waals surface area contributed by atoms with E-state index in [0.717, 1.165) is 62.2 Å². The summed E-state index contributed by atoms with van der Waals surface area (Å²) < 4.78 is 0. The molecule has 0 unspecified atom stereocenters. The normalized spacial score (nSPS) is 13.9. The van der Waals surface area contributed by atoms with Crippen molar-refractivity contribution in [2.75, 3.05) is 0 Å². The fourth-order valence-electron chi connectivity index (χ4n) is 5.56. The maximum atomic E-state index is 5.17. The number of hydrogen-bond acceptors (Lipinski definition) is 3. The predicted octanol–water partition coefficient (Wildman–Crippen LogP) is 11.3. The Kier molecular flexibility index (Phi) is 8.50. The second-order valence-electron chi connectivity index (χ2n) is 10.1. The van der Waals surface area contributed by atoms with E-state index in [1.165, 1.54) is 21.5 Å². The van der Waals surface area contributed by atoms with Crippen molar-refractivity contribution in [2.24, 2.45) is 15.0 Å². The van der Waals surface area contributed by atoms with Gasteiger partial charge in [-0.25, -0.2) is 4.99 Å². The van der Waals surface area contributed by atoms with Crippen LogP contribution in [0.3, 0.4) is 0 Å². The van der Waals surface area contributed by atoms with Crippen molar-refractivity contribution in [1.29, 1.82) is 0 Å². The molecule has 7 rings (SSSR count). The summed E-state index contributed by atoms with van der Waals surface area (Å²) >= 11 is 0.194. The van der Waals surface area contributed by atoms with Crippen molar-refractivity contribution in [3.05, 3.63) is 121 Å². The van der Waals surface area contributed by atoms with Gasteiger partial charge in [0.15, 0.2) is 0 Å². The van der Waals surface area contributed by atoms with Crippen LogP contribution in [-0.4, -0.2) is 17.1 Å². The summed E-state index contributed by atoms with van der Waals surface area (Å²) in [5.41, 5.74) is 5.75. The standard InChI is InChI=1S/C36H27N3.2ClH.Fe/c1-23(37-35-29-15-7-3-11-25(29)21-26-12-4-8-16-30(26)35)33-19-20-34(39-33)24(2)38-36-31-17-9-5-13-27(31)22-28-14-6-10-18-32(28)36;;;/h3-19,21-22H,20H2,1-2H3;2*1H;/q;;;+2/p-2. The van der Waals surface area contributed by atoms with E-state index in [-0.39, 0.29) is 13.1 Å². The molecule has 1 heterocycles. The first kappa shape index (κ1) is 28.3. The zero-order valence-electron chi connectivity index (χ0n) is 23.1. The molecule has 0 aromatic heterocycles. The second-order valence-corrected chi connectivity index (χ2v) is 12.0. The number of aliphatic imine (C=N–C) groups is 3. The molecule has 1 aliphatic rings.